The van der Waals surface area contributed by atoms with Gasteiger partial charge < -0.3 is 5.32 Å². The van der Waals surface area contributed by atoms with Crippen molar-refractivity contribution >= 4 is 21.3 Å². The number of fused-ring (bicyclic) bond motifs is 1. The van der Waals surface area contributed by atoms with Crippen LogP contribution in [0.15, 0.2) is 58.6 Å². The van der Waals surface area contributed by atoms with Crippen LogP contribution in [0.5, 0.6) is 0 Å². The van der Waals surface area contributed by atoms with E-state index in [1.165, 1.54) is 4.52 Å². The summed E-state index contributed by atoms with van der Waals surface area (Å²) in [6.07, 6.45) is 3.20. The van der Waals surface area contributed by atoms with E-state index in [1.54, 1.807) is 55.8 Å². The van der Waals surface area contributed by atoms with Crippen molar-refractivity contribution in [3.8, 4) is 0 Å². The van der Waals surface area contributed by atoms with Crippen molar-refractivity contribution in [3.05, 3.63) is 48.8 Å². The van der Waals surface area contributed by atoms with E-state index in [4.69, 9.17) is 0 Å². The second kappa shape index (κ2) is 4.61. The van der Waals surface area contributed by atoms with Gasteiger partial charge in [-0.25, -0.2) is 17.9 Å². The lowest BCUT2D eigenvalue weighted by Crippen LogP contribution is -2.05. The van der Waals surface area contributed by atoms with Crippen LogP contribution in [0.2, 0.25) is 0 Å². The Labute approximate surface area is 116 Å². The average Bonchev–Trinajstić information content (AvgIpc) is 2.87. The Morgan fingerprint density at radius 3 is 2.60 bits per heavy atom. The number of rotatable bonds is 3. The lowest BCUT2D eigenvalue weighted by Gasteiger charge is -2.04. The molecule has 3 aromatic rings. The maximum Gasteiger partial charge on any atom is 0.214 e. The number of anilines is 1. The molecule has 0 aliphatic heterocycles. The van der Waals surface area contributed by atoms with E-state index in [0.717, 1.165) is 0 Å². The van der Waals surface area contributed by atoms with Gasteiger partial charge in [0.15, 0.2) is 16.4 Å². The number of hydrogen-bond donors (Lipinski definition) is 1. The third-order valence-corrected chi connectivity index (χ3v) is 4.72. The van der Waals surface area contributed by atoms with Crippen LogP contribution in [0, 0.1) is 0 Å². The van der Waals surface area contributed by atoms with E-state index < -0.39 is 9.84 Å². The quantitative estimate of drug-likeness (QED) is 0.792. The van der Waals surface area contributed by atoms with Gasteiger partial charge in [-0.05, 0) is 18.2 Å². The van der Waals surface area contributed by atoms with Crippen LogP contribution in [-0.2, 0) is 9.84 Å². The van der Waals surface area contributed by atoms with Crippen LogP contribution >= 0.6 is 0 Å². The van der Waals surface area contributed by atoms with E-state index >= 15 is 0 Å². The summed E-state index contributed by atoms with van der Waals surface area (Å²) >= 11 is 0. The van der Waals surface area contributed by atoms with Gasteiger partial charge in [0, 0.05) is 19.4 Å². The minimum absolute atomic E-state index is 0.0896. The van der Waals surface area contributed by atoms with E-state index in [2.05, 4.69) is 15.4 Å². The van der Waals surface area contributed by atoms with Gasteiger partial charge in [-0.1, -0.05) is 18.2 Å². The van der Waals surface area contributed by atoms with Gasteiger partial charge in [0.1, 0.15) is 0 Å². The molecule has 0 saturated carbocycles. The summed E-state index contributed by atoms with van der Waals surface area (Å²) in [6.45, 7) is 0. The molecule has 0 bridgehead atoms. The second-order valence-electron chi connectivity index (χ2n) is 4.13. The fourth-order valence-corrected chi connectivity index (χ4v) is 3.53. The first-order valence-corrected chi connectivity index (χ1v) is 7.44. The molecular weight excluding hydrogens is 276 g/mol. The molecule has 0 unspecified atom stereocenters. The molecule has 0 radical (unpaired) electrons. The first-order valence-electron chi connectivity index (χ1n) is 5.96. The molecule has 20 heavy (non-hydrogen) atoms. The Bertz CT molecular complexity index is 856. The first-order chi connectivity index (χ1) is 9.64. The van der Waals surface area contributed by atoms with Crippen LogP contribution in [-0.4, -0.2) is 30.1 Å². The maximum atomic E-state index is 12.8. The number of sulfone groups is 1. The maximum absolute atomic E-state index is 12.8. The van der Waals surface area contributed by atoms with E-state index in [1.807, 2.05) is 0 Å². The molecule has 0 fully saturated rings. The van der Waals surface area contributed by atoms with Crippen LogP contribution < -0.4 is 5.32 Å². The van der Waals surface area contributed by atoms with Gasteiger partial charge in [0.2, 0.25) is 9.84 Å². The van der Waals surface area contributed by atoms with Gasteiger partial charge in [-0.2, -0.15) is 0 Å². The molecule has 7 heteroatoms. The van der Waals surface area contributed by atoms with Gasteiger partial charge >= 0.3 is 0 Å². The van der Waals surface area contributed by atoms with Crippen molar-refractivity contribution in [2.24, 2.45) is 0 Å². The Hall–Kier alpha value is -2.41. The van der Waals surface area contributed by atoms with Gasteiger partial charge in [0.25, 0.3) is 0 Å². The van der Waals surface area contributed by atoms with Crippen molar-refractivity contribution in [2.45, 2.75) is 9.79 Å². The molecule has 0 atom stereocenters. The normalized spacial score (nSPS) is 11.7. The fraction of sp³-hybridized carbons (Fsp3) is 0.0769. The summed E-state index contributed by atoms with van der Waals surface area (Å²) in [7, 11) is -2.04. The van der Waals surface area contributed by atoms with Crippen LogP contribution in [0.1, 0.15) is 0 Å². The zero-order valence-electron chi connectivity index (χ0n) is 10.7. The number of nitrogens with one attached hydrogen (secondary N) is 1. The highest BCUT2D eigenvalue weighted by Crippen LogP contribution is 2.29. The Morgan fingerprint density at radius 2 is 1.90 bits per heavy atom. The molecule has 0 aliphatic rings. The lowest BCUT2D eigenvalue weighted by molar-refractivity contribution is 0.597. The summed E-state index contributed by atoms with van der Waals surface area (Å²) in [6, 6.07) is 9.95. The predicted molar refractivity (Wildman–Crippen MR) is 74.4 cm³/mol. The summed E-state index contributed by atoms with van der Waals surface area (Å²) in [5.41, 5.74) is 0.306. The fourth-order valence-electron chi connectivity index (χ4n) is 1.99. The molecule has 6 nitrogen and oxygen atoms in total. The number of hydrogen-bond acceptors (Lipinski definition) is 5. The average molecular weight is 288 g/mol. The molecule has 1 aromatic carbocycles. The molecule has 2 heterocycles. The Morgan fingerprint density at radius 1 is 1.15 bits per heavy atom. The largest absolute Gasteiger partial charge is 0.370 e. The van der Waals surface area contributed by atoms with E-state index in [-0.39, 0.29) is 15.6 Å². The smallest absolute Gasteiger partial charge is 0.214 e. The van der Waals surface area contributed by atoms with E-state index in [0.29, 0.717) is 5.65 Å². The third kappa shape index (κ3) is 1.83. The number of nitrogens with zero attached hydrogens (tertiary/aromatic N) is 3. The molecule has 102 valence electrons. The van der Waals surface area contributed by atoms with Crippen LogP contribution in [0.3, 0.4) is 0 Å². The molecule has 0 spiro atoms. The van der Waals surface area contributed by atoms with Gasteiger partial charge in [-0.15, -0.1) is 5.10 Å². The highest BCUT2D eigenvalue weighted by atomic mass is 32.2. The van der Waals surface area contributed by atoms with Gasteiger partial charge in [0.05, 0.1) is 4.90 Å². The van der Waals surface area contributed by atoms with Crippen LogP contribution in [0.4, 0.5) is 5.82 Å². The zero-order valence-corrected chi connectivity index (χ0v) is 11.5. The number of benzene rings is 1. The van der Waals surface area contributed by atoms with Crippen molar-refractivity contribution in [2.75, 3.05) is 12.4 Å². The summed E-state index contributed by atoms with van der Waals surface area (Å²) in [4.78, 5) is 4.43. The summed E-state index contributed by atoms with van der Waals surface area (Å²) < 4.78 is 27.0. The molecular formula is C13H12N4O2S. The monoisotopic (exact) mass is 288 g/mol. The van der Waals surface area contributed by atoms with Crippen LogP contribution in [0.25, 0.3) is 5.65 Å². The number of aromatic nitrogens is 3. The summed E-state index contributed by atoms with van der Waals surface area (Å²) in [5.74, 6) is 0.285. The first kappa shape index (κ1) is 12.6. The Balaban J connectivity index is 2.34. The van der Waals surface area contributed by atoms with Gasteiger partial charge in [-0.3, -0.25) is 0 Å². The molecule has 3 rings (SSSR count). The topological polar surface area (TPSA) is 76.4 Å². The second-order valence-corrected chi connectivity index (χ2v) is 6.02. The molecule has 1 N–H and O–H groups in total. The highest BCUT2D eigenvalue weighted by molar-refractivity contribution is 7.91. The van der Waals surface area contributed by atoms with Crippen molar-refractivity contribution in [3.63, 3.8) is 0 Å². The Kier molecular flexibility index (Phi) is 2.90. The van der Waals surface area contributed by atoms with Crippen molar-refractivity contribution in [1.82, 2.24) is 14.6 Å². The minimum Gasteiger partial charge on any atom is -0.370 e. The highest BCUT2D eigenvalue weighted by Gasteiger charge is 2.27. The molecule has 2 aromatic heterocycles. The minimum atomic E-state index is -3.67. The van der Waals surface area contributed by atoms with Crippen molar-refractivity contribution in [1.29, 1.82) is 0 Å². The third-order valence-electron chi connectivity index (χ3n) is 2.91. The SMILES string of the molecule is CNc1nn2cccnc2c1S(=O)(=O)c1ccccc1. The molecule has 0 amide bonds. The molecule has 0 saturated heterocycles. The zero-order chi connectivity index (χ0) is 14.2. The molecule has 0 aliphatic carbocycles. The van der Waals surface area contributed by atoms with E-state index in [9.17, 15) is 8.42 Å². The standard InChI is InChI=1S/C13H12N4O2S/c1-14-12-11(13-15-8-5-9-17(13)16-12)20(18,19)10-6-3-2-4-7-10/h2-9H,1H3,(H,14,16). The predicted octanol–water partition coefficient (Wildman–Crippen LogP) is 1.60. The summed E-state index contributed by atoms with van der Waals surface area (Å²) in [5, 5.41) is 7.00. The lowest BCUT2D eigenvalue weighted by atomic mass is 10.4. The van der Waals surface area contributed by atoms with Crippen molar-refractivity contribution < 1.29 is 8.42 Å².